The van der Waals surface area contributed by atoms with Crippen molar-refractivity contribution in [3.63, 3.8) is 0 Å². The summed E-state index contributed by atoms with van der Waals surface area (Å²) in [4.78, 5) is 38.9. The number of aliphatic hydroxyl groups excluding tert-OH is 1. The maximum atomic E-state index is 13.2. The van der Waals surface area contributed by atoms with Crippen molar-refractivity contribution in [1.82, 2.24) is 0 Å². The highest BCUT2D eigenvalue weighted by molar-refractivity contribution is 6.10. The van der Waals surface area contributed by atoms with E-state index in [1.165, 1.54) is 20.8 Å². The molecule has 0 heterocycles. The summed E-state index contributed by atoms with van der Waals surface area (Å²) in [6.45, 7) is 4.19. The van der Waals surface area contributed by atoms with E-state index in [0.717, 1.165) is 5.56 Å². The number of aliphatic hydroxyl groups is 1. The molecule has 0 radical (unpaired) electrons. The molecule has 0 saturated heterocycles. The molecule has 0 fully saturated rings. The van der Waals surface area contributed by atoms with Crippen molar-refractivity contribution in [2.75, 3.05) is 0 Å². The maximum Gasteiger partial charge on any atom is 0.159 e. The van der Waals surface area contributed by atoms with Crippen LogP contribution in [-0.2, 0) is 14.4 Å². The van der Waals surface area contributed by atoms with Crippen LogP contribution in [0.25, 0.3) is 0 Å². The van der Waals surface area contributed by atoms with E-state index in [4.69, 9.17) is 0 Å². The van der Waals surface area contributed by atoms with Crippen LogP contribution >= 0.6 is 0 Å². The minimum absolute atomic E-state index is 0.0478. The number of benzene rings is 2. The summed E-state index contributed by atoms with van der Waals surface area (Å²) in [6.07, 6.45) is 0.0709. The molecule has 0 bridgehead atoms. The first kappa shape index (κ1) is 19.7. The summed E-state index contributed by atoms with van der Waals surface area (Å²) in [5.41, 5.74) is 0.160. The number of rotatable bonds is 5. The molecule has 0 spiro atoms. The Kier molecular flexibility index (Phi) is 5.32. The van der Waals surface area contributed by atoms with Gasteiger partial charge in [-0.05, 0) is 31.9 Å². The molecule has 1 N–H and O–H groups in total. The SMILES string of the molecule is CC(=O)C1=C(O)C[C@@H](c2ccccc2)C(C(C)=O)(C(C)=O)[C@@H]1c1ccccc1. The van der Waals surface area contributed by atoms with Crippen molar-refractivity contribution >= 4 is 17.3 Å². The number of hydrogen-bond donors (Lipinski definition) is 1. The maximum absolute atomic E-state index is 13.2. The smallest absolute Gasteiger partial charge is 0.159 e. The quantitative estimate of drug-likeness (QED) is 0.779. The van der Waals surface area contributed by atoms with Crippen LogP contribution in [0.5, 0.6) is 0 Å². The van der Waals surface area contributed by atoms with Crippen molar-refractivity contribution in [2.45, 2.75) is 39.0 Å². The Morgan fingerprint density at radius 2 is 1.29 bits per heavy atom. The number of hydrogen-bond acceptors (Lipinski definition) is 4. The first-order chi connectivity index (χ1) is 13.3. The standard InChI is InChI=1S/C24H24O4/c1-15(25)22-21(28)14-20(18-10-6-4-7-11-18)24(16(2)26,17(3)27)23(22)19-12-8-5-9-13-19/h4-13,20,23,28H,14H2,1-3H3/t20-,23+/m0/s1. The zero-order valence-corrected chi connectivity index (χ0v) is 16.3. The second kappa shape index (κ2) is 7.55. The third-order valence-electron chi connectivity index (χ3n) is 5.88. The highest BCUT2D eigenvalue weighted by atomic mass is 16.3. The van der Waals surface area contributed by atoms with Gasteiger partial charge in [0.25, 0.3) is 0 Å². The van der Waals surface area contributed by atoms with Crippen LogP contribution in [0.3, 0.4) is 0 Å². The summed E-state index contributed by atoms with van der Waals surface area (Å²) in [5, 5.41) is 10.8. The minimum Gasteiger partial charge on any atom is -0.512 e. The monoisotopic (exact) mass is 376 g/mol. The average Bonchev–Trinajstić information content (AvgIpc) is 2.67. The zero-order valence-electron chi connectivity index (χ0n) is 16.3. The van der Waals surface area contributed by atoms with E-state index in [-0.39, 0.29) is 35.1 Å². The molecule has 3 rings (SSSR count). The molecule has 2 atom stereocenters. The average molecular weight is 376 g/mol. The number of carbonyl (C=O) groups excluding carboxylic acids is 3. The van der Waals surface area contributed by atoms with Crippen LogP contribution in [0.1, 0.15) is 50.2 Å². The molecule has 1 aliphatic carbocycles. The minimum atomic E-state index is -1.46. The second-order valence-electron chi connectivity index (χ2n) is 7.41. The highest BCUT2D eigenvalue weighted by Gasteiger charge is 2.59. The summed E-state index contributed by atoms with van der Waals surface area (Å²) >= 11 is 0. The topological polar surface area (TPSA) is 71.4 Å². The molecule has 4 heteroatoms. The van der Waals surface area contributed by atoms with Crippen LogP contribution < -0.4 is 0 Å². The van der Waals surface area contributed by atoms with E-state index in [0.29, 0.717) is 5.56 Å². The fraction of sp³-hybridized carbons (Fsp3) is 0.292. The number of allylic oxidation sites excluding steroid dienone is 2. The molecule has 1 aliphatic rings. The zero-order chi connectivity index (χ0) is 20.5. The third kappa shape index (κ3) is 2.99. The van der Waals surface area contributed by atoms with Gasteiger partial charge in [-0.25, -0.2) is 0 Å². The van der Waals surface area contributed by atoms with Crippen molar-refractivity contribution in [3.05, 3.63) is 83.1 Å². The van der Waals surface area contributed by atoms with Gasteiger partial charge in [0.15, 0.2) is 5.78 Å². The Morgan fingerprint density at radius 1 is 0.821 bits per heavy atom. The van der Waals surface area contributed by atoms with E-state index in [2.05, 4.69) is 0 Å². The molecule has 0 amide bonds. The predicted octanol–water partition coefficient (Wildman–Crippen LogP) is 4.52. The van der Waals surface area contributed by atoms with Crippen molar-refractivity contribution in [2.24, 2.45) is 5.41 Å². The lowest BCUT2D eigenvalue weighted by Crippen LogP contribution is -2.51. The molecule has 4 nitrogen and oxygen atoms in total. The van der Waals surface area contributed by atoms with E-state index in [9.17, 15) is 19.5 Å². The van der Waals surface area contributed by atoms with E-state index < -0.39 is 17.3 Å². The number of ketones is 3. The molecular weight excluding hydrogens is 352 g/mol. The predicted molar refractivity (Wildman–Crippen MR) is 107 cm³/mol. The number of carbonyl (C=O) groups is 3. The fourth-order valence-electron chi connectivity index (χ4n) is 4.75. The van der Waals surface area contributed by atoms with E-state index in [1.54, 1.807) is 24.3 Å². The first-order valence-corrected chi connectivity index (χ1v) is 9.36. The Morgan fingerprint density at radius 3 is 1.71 bits per heavy atom. The third-order valence-corrected chi connectivity index (χ3v) is 5.88. The molecular formula is C24H24O4. The molecule has 144 valence electrons. The van der Waals surface area contributed by atoms with Crippen LogP contribution in [-0.4, -0.2) is 22.5 Å². The van der Waals surface area contributed by atoms with Crippen LogP contribution in [0, 0.1) is 5.41 Å². The first-order valence-electron chi connectivity index (χ1n) is 9.36. The largest absolute Gasteiger partial charge is 0.512 e. The van der Waals surface area contributed by atoms with Gasteiger partial charge in [-0.1, -0.05) is 60.7 Å². The molecule has 0 aromatic heterocycles. The molecule has 2 aromatic rings. The Hall–Kier alpha value is -3.01. The molecule has 0 aliphatic heterocycles. The van der Waals surface area contributed by atoms with E-state index in [1.807, 2.05) is 36.4 Å². The van der Waals surface area contributed by atoms with Crippen LogP contribution in [0.2, 0.25) is 0 Å². The summed E-state index contributed by atoms with van der Waals surface area (Å²) in [7, 11) is 0. The highest BCUT2D eigenvalue weighted by Crippen LogP contribution is 2.57. The molecule has 2 aromatic carbocycles. The lowest BCUT2D eigenvalue weighted by Gasteiger charge is -2.47. The summed E-state index contributed by atoms with van der Waals surface area (Å²) < 4.78 is 0. The molecule has 0 saturated carbocycles. The van der Waals surface area contributed by atoms with Gasteiger partial charge in [0.1, 0.15) is 22.7 Å². The van der Waals surface area contributed by atoms with Gasteiger partial charge in [0.05, 0.1) is 0 Å². The van der Waals surface area contributed by atoms with Gasteiger partial charge in [-0.15, -0.1) is 0 Å². The van der Waals surface area contributed by atoms with Gasteiger partial charge < -0.3 is 5.11 Å². The van der Waals surface area contributed by atoms with E-state index >= 15 is 0 Å². The van der Waals surface area contributed by atoms with Crippen LogP contribution in [0.4, 0.5) is 0 Å². The van der Waals surface area contributed by atoms with Gasteiger partial charge in [0, 0.05) is 23.8 Å². The van der Waals surface area contributed by atoms with Gasteiger partial charge in [0.2, 0.25) is 0 Å². The van der Waals surface area contributed by atoms with Crippen LogP contribution in [0.15, 0.2) is 72.0 Å². The number of Topliss-reactive ketones (excluding diaryl/α,β-unsaturated/α-hetero) is 3. The van der Waals surface area contributed by atoms with Gasteiger partial charge >= 0.3 is 0 Å². The normalized spacial score (nSPS) is 21.2. The van der Waals surface area contributed by atoms with Crippen molar-refractivity contribution < 1.29 is 19.5 Å². The summed E-state index contributed by atoms with van der Waals surface area (Å²) in [5.74, 6) is -2.36. The summed E-state index contributed by atoms with van der Waals surface area (Å²) in [6, 6.07) is 18.3. The Bertz CT molecular complexity index is 927. The lowest BCUT2D eigenvalue weighted by atomic mass is 9.52. The fourth-order valence-corrected chi connectivity index (χ4v) is 4.75. The molecule has 28 heavy (non-hydrogen) atoms. The lowest BCUT2D eigenvalue weighted by molar-refractivity contribution is -0.142. The second-order valence-corrected chi connectivity index (χ2v) is 7.41. The Balaban J connectivity index is 2.41. The van der Waals surface area contributed by atoms with Gasteiger partial charge in [-0.2, -0.15) is 0 Å². The Labute approximate surface area is 164 Å². The van der Waals surface area contributed by atoms with Gasteiger partial charge in [-0.3, -0.25) is 14.4 Å². The van der Waals surface area contributed by atoms with Crippen molar-refractivity contribution in [1.29, 1.82) is 0 Å². The molecule has 0 unspecified atom stereocenters. The van der Waals surface area contributed by atoms with Crippen molar-refractivity contribution in [3.8, 4) is 0 Å².